The first-order valence-corrected chi connectivity index (χ1v) is 9.57. The molecular weight excluding hydrogens is 422 g/mol. The van der Waals surface area contributed by atoms with Gasteiger partial charge in [0, 0.05) is 21.2 Å². The lowest BCUT2D eigenvalue weighted by molar-refractivity contribution is -0.136. The van der Waals surface area contributed by atoms with Crippen LogP contribution in [0, 0.1) is 6.92 Å². The summed E-state index contributed by atoms with van der Waals surface area (Å²) in [5.41, 5.74) is 2.85. The molecule has 0 bridgehead atoms. The number of rotatable bonds is 3. The molecule has 2 heterocycles. The zero-order chi connectivity index (χ0) is 18.1. The molecule has 8 heteroatoms. The van der Waals surface area contributed by atoms with Gasteiger partial charge in [0.2, 0.25) is 0 Å². The van der Waals surface area contributed by atoms with E-state index in [2.05, 4.69) is 26.2 Å². The highest BCUT2D eigenvalue weighted by Crippen LogP contribution is 2.35. The maximum Gasteiger partial charge on any atom is 0.338 e. The van der Waals surface area contributed by atoms with Gasteiger partial charge in [-0.1, -0.05) is 22.0 Å². The van der Waals surface area contributed by atoms with Gasteiger partial charge in [0.05, 0.1) is 23.4 Å². The van der Waals surface area contributed by atoms with Crippen LogP contribution in [0.4, 0.5) is 5.69 Å². The zero-order valence-corrected chi connectivity index (χ0v) is 17.1. The second-order valence-corrected chi connectivity index (χ2v) is 7.84. The van der Waals surface area contributed by atoms with Gasteiger partial charge in [-0.25, -0.2) is 9.78 Å². The topological polar surface area (TPSA) is 54.5 Å². The van der Waals surface area contributed by atoms with Crippen molar-refractivity contribution in [1.82, 2.24) is 10.3 Å². The van der Waals surface area contributed by atoms with Gasteiger partial charge in [0.25, 0.3) is 0 Å². The van der Waals surface area contributed by atoms with E-state index in [9.17, 15) is 4.79 Å². The minimum Gasteiger partial charge on any atom is -0.466 e. The molecule has 1 aliphatic heterocycles. The first kappa shape index (κ1) is 18.0. The van der Waals surface area contributed by atoms with Crippen molar-refractivity contribution >= 4 is 56.3 Å². The van der Waals surface area contributed by atoms with E-state index in [1.165, 1.54) is 18.4 Å². The Morgan fingerprint density at radius 1 is 1.44 bits per heavy atom. The SMILES string of the molecule is COC(=O)C1=C(C)N(c2cccc(Br)c2)C(=S)N[C@@H]1c1csc(C)n1. The van der Waals surface area contributed by atoms with E-state index in [0.29, 0.717) is 10.7 Å². The summed E-state index contributed by atoms with van der Waals surface area (Å²) in [6.07, 6.45) is 0. The number of benzene rings is 1. The van der Waals surface area contributed by atoms with E-state index >= 15 is 0 Å². The number of nitrogens with one attached hydrogen (secondary N) is 1. The van der Waals surface area contributed by atoms with Gasteiger partial charge >= 0.3 is 5.97 Å². The van der Waals surface area contributed by atoms with E-state index in [4.69, 9.17) is 17.0 Å². The lowest BCUT2D eigenvalue weighted by Gasteiger charge is -2.36. The fourth-order valence-electron chi connectivity index (χ4n) is 2.78. The van der Waals surface area contributed by atoms with Gasteiger partial charge in [-0.3, -0.25) is 4.90 Å². The average molecular weight is 438 g/mol. The molecule has 0 unspecified atom stereocenters. The number of ether oxygens (including phenoxy) is 1. The molecule has 1 atom stereocenters. The van der Waals surface area contributed by atoms with Crippen LogP contribution >= 0.6 is 39.5 Å². The molecule has 1 N–H and O–H groups in total. The van der Waals surface area contributed by atoms with Crippen molar-refractivity contribution in [1.29, 1.82) is 0 Å². The molecule has 1 aliphatic rings. The van der Waals surface area contributed by atoms with Crippen LogP contribution in [0.3, 0.4) is 0 Å². The molecule has 25 heavy (non-hydrogen) atoms. The molecule has 5 nitrogen and oxygen atoms in total. The monoisotopic (exact) mass is 437 g/mol. The molecule has 1 aromatic carbocycles. The second kappa shape index (κ2) is 7.23. The number of carbonyl (C=O) groups is 1. The van der Waals surface area contributed by atoms with Crippen LogP contribution in [0.25, 0.3) is 0 Å². The van der Waals surface area contributed by atoms with Gasteiger partial charge in [-0.05, 0) is 44.3 Å². The molecule has 3 rings (SSSR count). The summed E-state index contributed by atoms with van der Waals surface area (Å²) >= 11 is 10.6. The van der Waals surface area contributed by atoms with E-state index in [0.717, 1.165) is 26.6 Å². The van der Waals surface area contributed by atoms with Crippen LogP contribution in [-0.2, 0) is 9.53 Å². The maximum atomic E-state index is 12.5. The molecule has 0 spiro atoms. The molecule has 1 aromatic heterocycles. The first-order chi connectivity index (χ1) is 11.9. The Hall–Kier alpha value is -1.77. The third-order valence-corrected chi connectivity index (χ3v) is 5.47. The summed E-state index contributed by atoms with van der Waals surface area (Å²) in [6, 6.07) is 7.31. The maximum absolute atomic E-state index is 12.5. The standard InChI is InChI=1S/C17H16BrN3O2S2/c1-9-14(16(22)23-3)15(13-8-25-10(2)19-13)20-17(24)21(9)12-6-4-5-11(18)7-12/h4-8,15H,1-3H3,(H,20,24)/t15-/m1/s1. The van der Waals surface area contributed by atoms with Crippen molar-refractivity contribution in [3.8, 4) is 0 Å². The predicted molar refractivity (Wildman–Crippen MR) is 107 cm³/mol. The summed E-state index contributed by atoms with van der Waals surface area (Å²) in [6.45, 7) is 3.80. The highest BCUT2D eigenvalue weighted by atomic mass is 79.9. The average Bonchev–Trinajstić information content (AvgIpc) is 3.00. The highest BCUT2D eigenvalue weighted by Gasteiger charge is 2.36. The molecule has 0 saturated heterocycles. The Labute approximate surface area is 163 Å². The Balaban J connectivity index is 2.14. The molecule has 0 aliphatic carbocycles. The fraction of sp³-hybridized carbons (Fsp3) is 0.235. The van der Waals surface area contributed by atoms with E-state index in [-0.39, 0.29) is 0 Å². The smallest absolute Gasteiger partial charge is 0.338 e. The fourth-order valence-corrected chi connectivity index (χ4v) is 4.16. The van der Waals surface area contributed by atoms with Gasteiger partial charge in [0.15, 0.2) is 5.11 Å². The number of thiocarbonyl (C=S) groups is 1. The minimum atomic E-state index is -0.423. The van der Waals surface area contributed by atoms with Crippen LogP contribution < -0.4 is 10.2 Å². The quantitative estimate of drug-likeness (QED) is 0.576. The number of nitrogens with zero attached hydrogens (tertiary/aromatic N) is 2. The first-order valence-electron chi connectivity index (χ1n) is 7.49. The molecule has 2 aromatic rings. The van der Waals surface area contributed by atoms with Gasteiger partial charge in [-0.15, -0.1) is 11.3 Å². The van der Waals surface area contributed by atoms with Crippen LogP contribution in [0.1, 0.15) is 23.7 Å². The second-order valence-electron chi connectivity index (χ2n) is 5.48. The van der Waals surface area contributed by atoms with Crippen molar-refractivity contribution in [3.63, 3.8) is 0 Å². The van der Waals surface area contributed by atoms with Gasteiger partial charge in [0.1, 0.15) is 6.04 Å². The summed E-state index contributed by atoms with van der Waals surface area (Å²) in [5.74, 6) is -0.400. The Morgan fingerprint density at radius 2 is 2.20 bits per heavy atom. The van der Waals surface area contributed by atoms with Crippen LogP contribution in [0.15, 0.2) is 45.4 Å². The van der Waals surface area contributed by atoms with Crippen molar-refractivity contribution in [2.24, 2.45) is 0 Å². The lowest BCUT2D eigenvalue weighted by Crippen LogP contribution is -2.48. The number of aryl methyl sites for hydroxylation is 1. The molecule has 0 fully saturated rings. The number of halogens is 1. The van der Waals surface area contributed by atoms with E-state index in [1.54, 1.807) is 0 Å². The number of esters is 1. The van der Waals surface area contributed by atoms with Gasteiger partial charge in [-0.2, -0.15) is 0 Å². The summed E-state index contributed by atoms with van der Waals surface area (Å²) in [7, 11) is 1.38. The van der Waals surface area contributed by atoms with Crippen LogP contribution in [0.5, 0.6) is 0 Å². The predicted octanol–water partition coefficient (Wildman–Crippen LogP) is 4.10. The van der Waals surface area contributed by atoms with Crippen molar-refractivity contribution < 1.29 is 9.53 Å². The number of allylic oxidation sites excluding steroid dienone is 1. The zero-order valence-electron chi connectivity index (χ0n) is 13.9. The number of carbonyl (C=O) groups excluding carboxylic acids is 1. The minimum absolute atomic E-state index is 0.400. The lowest BCUT2D eigenvalue weighted by atomic mass is 9.99. The van der Waals surface area contributed by atoms with E-state index < -0.39 is 12.0 Å². The molecular formula is C17H16BrN3O2S2. The largest absolute Gasteiger partial charge is 0.466 e. The summed E-state index contributed by atoms with van der Waals surface area (Å²) in [5, 5.41) is 6.61. The summed E-state index contributed by atoms with van der Waals surface area (Å²) in [4.78, 5) is 18.8. The molecule has 0 amide bonds. The Bertz CT molecular complexity index is 878. The number of aromatic nitrogens is 1. The number of hydrogen-bond acceptors (Lipinski definition) is 5. The highest BCUT2D eigenvalue weighted by molar-refractivity contribution is 9.10. The van der Waals surface area contributed by atoms with Gasteiger partial charge < -0.3 is 10.1 Å². The Morgan fingerprint density at radius 3 is 2.80 bits per heavy atom. The summed E-state index contributed by atoms with van der Waals surface area (Å²) < 4.78 is 5.95. The van der Waals surface area contributed by atoms with Crippen LogP contribution in [-0.4, -0.2) is 23.2 Å². The van der Waals surface area contributed by atoms with Crippen molar-refractivity contribution in [2.45, 2.75) is 19.9 Å². The third-order valence-electron chi connectivity index (χ3n) is 3.89. The number of hydrogen-bond donors (Lipinski definition) is 1. The van der Waals surface area contributed by atoms with Crippen LogP contribution in [0.2, 0.25) is 0 Å². The number of methoxy groups -OCH3 is 1. The number of anilines is 1. The Kier molecular flexibility index (Phi) is 5.21. The number of thiazole rings is 1. The van der Waals surface area contributed by atoms with Crippen molar-refractivity contribution in [3.05, 3.63) is 56.1 Å². The molecule has 0 saturated carbocycles. The molecule has 0 radical (unpaired) electrons. The normalized spacial score (nSPS) is 17.5. The molecule has 130 valence electrons. The van der Waals surface area contributed by atoms with Crippen molar-refractivity contribution in [2.75, 3.05) is 12.0 Å². The van der Waals surface area contributed by atoms with E-state index in [1.807, 2.05) is 48.4 Å². The third kappa shape index (κ3) is 3.47.